The van der Waals surface area contributed by atoms with Crippen LogP contribution in [0.3, 0.4) is 0 Å². The van der Waals surface area contributed by atoms with Crippen molar-refractivity contribution in [2.24, 2.45) is 5.73 Å². The number of ketones is 1. The first-order chi connectivity index (χ1) is 12.0. The van der Waals surface area contributed by atoms with Crippen LogP contribution in [0.4, 0.5) is 4.79 Å². The number of hydrogen-bond acceptors (Lipinski definition) is 4. The van der Waals surface area contributed by atoms with E-state index in [-0.39, 0.29) is 13.0 Å². The number of unbranched alkanes of at least 4 members (excludes halogenated alkanes) is 3. The second kappa shape index (κ2) is 11.9. The van der Waals surface area contributed by atoms with Crippen LogP contribution in [0, 0.1) is 0 Å². The molecule has 0 aromatic heterocycles. The Hall–Kier alpha value is -2.57. The minimum Gasteiger partial charge on any atom is -0.486 e. The van der Waals surface area contributed by atoms with Gasteiger partial charge < -0.3 is 21.1 Å². The minimum absolute atomic E-state index is 0.251. The average molecular weight is 349 g/mol. The highest BCUT2D eigenvalue weighted by molar-refractivity contribution is 5.93. The molecule has 0 saturated heterocycles. The molecule has 3 amide bonds. The second-order valence-electron chi connectivity index (χ2n) is 5.75. The zero-order chi connectivity index (χ0) is 18.5. The molecular formula is C18H27N3O4. The van der Waals surface area contributed by atoms with Gasteiger partial charge in [0.1, 0.15) is 18.4 Å². The van der Waals surface area contributed by atoms with Gasteiger partial charge in [0.05, 0.1) is 6.42 Å². The lowest BCUT2D eigenvalue weighted by molar-refractivity contribution is -0.126. The predicted molar refractivity (Wildman–Crippen MR) is 95.2 cm³/mol. The van der Waals surface area contributed by atoms with Crippen molar-refractivity contribution in [2.45, 2.75) is 45.1 Å². The molecular weight excluding hydrogens is 322 g/mol. The maximum atomic E-state index is 12.2. The smallest absolute Gasteiger partial charge is 0.315 e. The summed E-state index contributed by atoms with van der Waals surface area (Å²) in [4.78, 5) is 35.3. The fraction of sp³-hybridized carbons (Fsp3) is 0.500. The van der Waals surface area contributed by atoms with Crippen LogP contribution >= 0.6 is 0 Å². The number of amides is 3. The standard InChI is InChI=1S/C18H27N3O4/c1-2-3-4-8-11-20-18(24)21-15(12-17(19)23)16(22)13-25-14-9-6-5-7-10-14/h5-7,9-10,15H,2-4,8,11-13H2,1H3,(H2,19,23)(H2,20,21,24)/t15-/m1/s1. The second-order valence-corrected chi connectivity index (χ2v) is 5.75. The van der Waals surface area contributed by atoms with Crippen molar-refractivity contribution in [1.82, 2.24) is 10.6 Å². The van der Waals surface area contributed by atoms with Crippen molar-refractivity contribution in [3.05, 3.63) is 30.3 Å². The van der Waals surface area contributed by atoms with E-state index in [0.717, 1.165) is 25.7 Å². The van der Waals surface area contributed by atoms with Crippen LogP contribution in [0.1, 0.15) is 39.0 Å². The number of benzene rings is 1. The Morgan fingerprint density at radius 1 is 1.12 bits per heavy atom. The molecule has 0 radical (unpaired) electrons. The highest BCUT2D eigenvalue weighted by Crippen LogP contribution is 2.08. The first-order valence-corrected chi connectivity index (χ1v) is 8.56. The maximum absolute atomic E-state index is 12.2. The van der Waals surface area contributed by atoms with Gasteiger partial charge in [-0.3, -0.25) is 9.59 Å². The molecule has 25 heavy (non-hydrogen) atoms. The highest BCUT2D eigenvalue weighted by Gasteiger charge is 2.23. The van der Waals surface area contributed by atoms with Gasteiger partial charge >= 0.3 is 6.03 Å². The molecule has 0 heterocycles. The molecule has 1 aromatic rings. The molecule has 1 rings (SSSR count). The summed E-state index contributed by atoms with van der Waals surface area (Å²) < 4.78 is 5.36. The molecule has 138 valence electrons. The number of hydrogen-bond donors (Lipinski definition) is 3. The van der Waals surface area contributed by atoms with Gasteiger partial charge in [-0.05, 0) is 18.6 Å². The summed E-state index contributed by atoms with van der Waals surface area (Å²) in [5, 5.41) is 5.17. The van der Waals surface area contributed by atoms with E-state index in [1.54, 1.807) is 24.3 Å². The Balaban J connectivity index is 2.44. The lowest BCUT2D eigenvalue weighted by Crippen LogP contribution is -2.49. The van der Waals surface area contributed by atoms with Crippen molar-refractivity contribution in [3.63, 3.8) is 0 Å². The largest absolute Gasteiger partial charge is 0.486 e. The Labute approximate surface area is 148 Å². The van der Waals surface area contributed by atoms with E-state index in [9.17, 15) is 14.4 Å². The Kier molecular flexibility index (Phi) is 9.74. The van der Waals surface area contributed by atoms with Crippen LogP contribution in [0.15, 0.2) is 30.3 Å². The summed E-state index contributed by atoms with van der Waals surface area (Å²) in [7, 11) is 0. The normalized spacial score (nSPS) is 11.4. The summed E-state index contributed by atoms with van der Waals surface area (Å²) >= 11 is 0. The van der Waals surface area contributed by atoms with Crippen LogP contribution in [-0.4, -0.2) is 36.9 Å². The van der Waals surface area contributed by atoms with Gasteiger partial charge in [-0.15, -0.1) is 0 Å². The number of nitrogens with two attached hydrogens (primary N) is 1. The lowest BCUT2D eigenvalue weighted by Gasteiger charge is -2.17. The van der Waals surface area contributed by atoms with Crippen molar-refractivity contribution in [3.8, 4) is 5.75 Å². The Morgan fingerprint density at radius 2 is 1.84 bits per heavy atom. The molecule has 0 bridgehead atoms. The van der Waals surface area contributed by atoms with Gasteiger partial charge in [-0.2, -0.15) is 0 Å². The molecule has 0 aliphatic carbocycles. The molecule has 0 saturated carbocycles. The number of carbonyl (C=O) groups excluding carboxylic acids is 3. The number of urea groups is 1. The van der Waals surface area contributed by atoms with Gasteiger partial charge in [0, 0.05) is 6.54 Å². The van der Waals surface area contributed by atoms with E-state index in [0.29, 0.717) is 12.3 Å². The van der Waals surface area contributed by atoms with Crippen LogP contribution in [-0.2, 0) is 9.59 Å². The third-order valence-electron chi connectivity index (χ3n) is 3.54. The summed E-state index contributed by atoms with van der Waals surface area (Å²) in [5.74, 6) is -0.542. The molecule has 0 aliphatic heterocycles. The highest BCUT2D eigenvalue weighted by atomic mass is 16.5. The van der Waals surface area contributed by atoms with Gasteiger partial charge in [0.25, 0.3) is 0 Å². The van der Waals surface area contributed by atoms with Crippen LogP contribution in [0.25, 0.3) is 0 Å². The SMILES string of the molecule is CCCCCCNC(=O)N[C@H](CC(N)=O)C(=O)COc1ccccc1. The molecule has 0 fully saturated rings. The summed E-state index contributed by atoms with van der Waals surface area (Å²) in [6, 6.07) is 7.33. The van der Waals surface area contributed by atoms with Crippen molar-refractivity contribution in [1.29, 1.82) is 0 Å². The fourth-order valence-corrected chi connectivity index (χ4v) is 2.18. The first-order valence-electron chi connectivity index (χ1n) is 8.56. The monoisotopic (exact) mass is 349 g/mol. The number of ether oxygens (including phenoxy) is 1. The summed E-state index contributed by atoms with van der Waals surface area (Å²) in [6.45, 7) is 2.38. The molecule has 0 unspecified atom stereocenters. The third kappa shape index (κ3) is 9.34. The van der Waals surface area contributed by atoms with Crippen LogP contribution in [0.5, 0.6) is 5.75 Å². The van der Waals surface area contributed by atoms with E-state index in [4.69, 9.17) is 10.5 Å². The predicted octanol–water partition coefficient (Wildman–Crippen LogP) is 1.76. The number of carbonyl (C=O) groups is 3. The van der Waals surface area contributed by atoms with Gasteiger partial charge in [-0.1, -0.05) is 44.4 Å². The van der Waals surface area contributed by atoms with E-state index in [2.05, 4.69) is 17.6 Å². The zero-order valence-corrected chi connectivity index (χ0v) is 14.6. The zero-order valence-electron chi connectivity index (χ0n) is 14.6. The Morgan fingerprint density at radius 3 is 2.48 bits per heavy atom. The summed E-state index contributed by atoms with van der Waals surface area (Å²) in [5.41, 5.74) is 5.17. The Bertz CT molecular complexity index is 549. The number of rotatable bonds is 12. The topological polar surface area (TPSA) is 111 Å². The van der Waals surface area contributed by atoms with E-state index in [1.807, 2.05) is 6.07 Å². The van der Waals surface area contributed by atoms with Crippen molar-refractivity contribution >= 4 is 17.7 Å². The van der Waals surface area contributed by atoms with Gasteiger partial charge in [-0.25, -0.2) is 4.79 Å². The van der Waals surface area contributed by atoms with Crippen LogP contribution < -0.4 is 21.1 Å². The van der Waals surface area contributed by atoms with Crippen molar-refractivity contribution in [2.75, 3.05) is 13.2 Å². The first kappa shape index (κ1) is 20.5. The number of nitrogens with one attached hydrogen (secondary N) is 2. The molecule has 0 spiro atoms. The van der Waals surface area contributed by atoms with E-state index < -0.39 is 23.8 Å². The average Bonchev–Trinajstić information content (AvgIpc) is 2.59. The number of para-hydroxylation sites is 1. The quantitative estimate of drug-likeness (QED) is 0.499. The van der Waals surface area contributed by atoms with Crippen LogP contribution in [0.2, 0.25) is 0 Å². The minimum atomic E-state index is -1.00. The molecule has 7 heteroatoms. The maximum Gasteiger partial charge on any atom is 0.315 e. The molecule has 7 nitrogen and oxygen atoms in total. The molecule has 1 atom stereocenters. The number of primary amides is 1. The fourth-order valence-electron chi connectivity index (χ4n) is 2.18. The van der Waals surface area contributed by atoms with E-state index in [1.165, 1.54) is 0 Å². The molecule has 1 aromatic carbocycles. The molecule has 4 N–H and O–H groups in total. The number of Topliss-reactive ketones (excluding diaryl/α,β-unsaturated/α-hetero) is 1. The lowest BCUT2D eigenvalue weighted by atomic mass is 10.1. The third-order valence-corrected chi connectivity index (χ3v) is 3.54. The molecule has 0 aliphatic rings. The van der Waals surface area contributed by atoms with Gasteiger partial charge in [0.2, 0.25) is 5.91 Å². The van der Waals surface area contributed by atoms with Gasteiger partial charge in [0.15, 0.2) is 5.78 Å². The summed E-state index contributed by atoms with van der Waals surface area (Å²) in [6.07, 6.45) is 3.87. The van der Waals surface area contributed by atoms with E-state index >= 15 is 0 Å². The van der Waals surface area contributed by atoms with Crippen molar-refractivity contribution < 1.29 is 19.1 Å².